The molecule has 5 heteroatoms. The molecule has 0 spiro atoms. The minimum absolute atomic E-state index is 0.219. The van der Waals surface area contributed by atoms with Crippen LogP contribution in [0.1, 0.15) is 43.8 Å². The second-order valence-corrected chi connectivity index (χ2v) is 5.88. The summed E-state index contributed by atoms with van der Waals surface area (Å²) in [5, 5.41) is 9.45. The Kier molecular flexibility index (Phi) is 3.43. The van der Waals surface area contributed by atoms with Crippen LogP contribution in [0.25, 0.3) is 10.7 Å². The molecule has 1 saturated carbocycles. The zero-order valence-electron chi connectivity index (χ0n) is 10.3. The highest BCUT2D eigenvalue weighted by molar-refractivity contribution is 7.13. The molecule has 2 aromatic heterocycles. The van der Waals surface area contributed by atoms with E-state index in [1.165, 1.54) is 19.3 Å². The van der Waals surface area contributed by atoms with Gasteiger partial charge in [-0.05, 0) is 24.3 Å². The van der Waals surface area contributed by atoms with Gasteiger partial charge < -0.3 is 5.73 Å². The highest BCUT2D eigenvalue weighted by Gasteiger charge is 2.25. The van der Waals surface area contributed by atoms with Gasteiger partial charge in [0.2, 0.25) is 0 Å². The van der Waals surface area contributed by atoms with Crippen molar-refractivity contribution in [2.24, 2.45) is 5.73 Å². The normalized spacial score (nSPS) is 24.9. The fourth-order valence-electron chi connectivity index (χ4n) is 2.63. The lowest BCUT2D eigenvalue weighted by Gasteiger charge is -2.18. The van der Waals surface area contributed by atoms with Gasteiger partial charge in [-0.25, -0.2) is 4.98 Å². The van der Waals surface area contributed by atoms with Crippen LogP contribution in [-0.4, -0.2) is 21.2 Å². The molecule has 0 saturated heterocycles. The second-order valence-electron chi connectivity index (χ2n) is 4.93. The van der Waals surface area contributed by atoms with Crippen LogP contribution in [0, 0.1) is 0 Å². The van der Waals surface area contributed by atoms with Gasteiger partial charge in [-0.15, -0.1) is 11.3 Å². The third-order valence-corrected chi connectivity index (χ3v) is 4.53. The van der Waals surface area contributed by atoms with E-state index in [2.05, 4.69) is 15.2 Å². The standard InChI is InChI=1S/C13H18N4S/c14-10-6-3-1-2-5-9(10)12-15-13(17-16-12)11-7-4-8-18-11/h4,7-10H,1-3,5-6,14H2,(H,15,16,17). The summed E-state index contributed by atoms with van der Waals surface area (Å²) in [5.74, 6) is 2.11. The topological polar surface area (TPSA) is 67.6 Å². The lowest BCUT2D eigenvalue weighted by Crippen LogP contribution is -2.28. The number of nitrogens with zero attached hydrogens (tertiary/aromatic N) is 2. The monoisotopic (exact) mass is 262 g/mol. The van der Waals surface area contributed by atoms with E-state index in [4.69, 9.17) is 5.73 Å². The zero-order chi connectivity index (χ0) is 12.4. The summed E-state index contributed by atoms with van der Waals surface area (Å²) < 4.78 is 0. The van der Waals surface area contributed by atoms with Crippen molar-refractivity contribution in [3.05, 3.63) is 23.3 Å². The molecule has 2 aromatic rings. The van der Waals surface area contributed by atoms with Gasteiger partial charge in [0.05, 0.1) is 4.88 Å². The van der Waals surface area contributed by atoms with Gasteiger partial charge >= 0.3 is 0 Å². The Labute approximate surface area is 111 Å². The highest BCUT2D eigenvalue weighted by Crippen LogP contribution is 2.30. The molecule has 0 amide bonds. The fourth-order valence-corrected chi connectivity index (χ4v) is 3.29. The number of aromatic nitrogens is 3. The Morgan fingerprint density at radius 2 is 2.17 bits per heavy atom. The Balaban J connectivity index is 1.83. The Morgan fingerprint density at radius 3 is 3.00 bits per heavy atom. The molecular weight excluding hydrogens is 244 g/mol. The van der Waals surface area contributed by atoms with E-state index >= 15 is 0 Å². The molecule has 1 aliphatic carbocycles. The van der Waals surface area contributed by atoms with Crippen molar-refractivity contribution < 1.29 is 0 Å². The van der Waals surface area contributed by atoms with Crippen LogP contribution in [0.4, 0.5) is 0 Å². The Hall–Kier alpha value is -1.20. The quantitative estimate of drug-likeness (QED) is 0.818. The summed E-state index contributed by atoms with van der Waals surface area (Å²) in [6.07, 6.45) is 5.99. The van der Waals surface area contributed by atoms with Gasteiger partial charge in [0.25, 0.3) is 0 Å². The van der Waals surface area contributed by atoms with Crippen molar-refractivity contribution in [2.75, 3.05) is 0 Å². The molecule has 2 heterocycles. The summed E-state index contributed by atoms with van der Waals surface area (Å²) in [6, 6.07) is 4.29. The van der Waals surface area contributed by atoms with Gasteiger partial charge in [0.15, 0.2) is 5.82 Å². The molecule has 1 aliphatic rings. The SMILES string of the molecule is NC1CCCCCC1c1nc(-c2cccs2)n[nH]1. The lowest BCUT2D eigenvalue weighted by molar-refractivity contribution is 0.485. The van der Waals surface area contributed by atoms with E-state index in [-0.39, 0.29) is 6.04 Å². The van der Waals surface area contributed by atoms with Crippen molar-refractivity contribution in [1.82, 2.24) is 15.2 Å². The van der Waals surface area contributed by atoms with E-state index in [0.29, 0.717) is 5.92 Å². The minimum atomic E-state index is 0.219. The van der Waals surface area contributed by atoms with Crippen molar-refractivity contribution >= 4 is 11.3 Å². The number of hydrogen-bond acceptors (Lipinski definition) is 4. The smallest absolute Gasteiger partial charge is 0.191 e. The molecule has 4 nitrogen and oxygen atoms in total. The van der Waals surface area contributed by atoms with Gasteiger partial charge in [-0.2, -0.15) is 5.10 Å². The summed E-state index contributed by atoms with van der Waals surface area (Å²) in [7, 11) is 0. The molecule has 2 atom stereocenters. The minimum Gasteiger partial charge on any atom is -0.327 e. The van der Waals surface area contributed by atoms with Crippen LogP contribution in [0.5, 0.6) is 0 Å². The summed E-state index contributed by atoms with van der Waals surface area (Å²) in [5.41, 5.74) is 6.25. The first-order chi connectivity index (χ1) is 8.84. The van der Waals surface area contributed by atoms with Crippen molar-refractivity contribution in [3.8, 4) is 10.7 Å². The fraction of sp³-hybridized carbons (Fsp3) is 0.538. The number of thiophene rings is 1. The Morgan fingerprint density at radius 1 is 1.28 bits per heavy atom. The molecule has 3 N–H and O–H groups in total. The van der Waals surface area contributed by atoms with Crippen molar-refractivity contribution in [1.29, 1.82) is 0 Å². The molecule has 18 heavy (non-hydrogen) atoms. The average Bonchev–Trinajstić information content (AvgIpc) is 3.00. The number of aromatic amines is 1. The maximum atomic E-state index is 6.25. The summed E-state index contributed by atoms with van der Waals surface area (Å²) in [6.45, 7) is 0. The van der Waals surface area contributed by atoms with Crippen LogP contribution in [0.2, 0.25) is 0 Å². The summed E-state index contributed by atoms with van der Waals surface area (Å²) in [4.78, 5) is 5.74. The van der Waals surface area contributed by atoms with Crippen molar-refractivity contribution in [2.45, 2.75) is 44.1 Å². The Bertz CT molecular complexity index is 491. The molecule has 1 fully saturated rings. The van der Waals surface area contributed by atoms with Crippen LogP contribution in [-0.2, 0) is 0 Å². The molecular formula is C13H18N4S. The van der Waals surface area contributed by atoms with Crippen LogP contribution in [0.3, 0.4) is 0 Å². The molecule has 0 aromatic carbocycles. The number of nitrogens with two attached hydrogens (primary N) is 1. The third kappa shape index (κ3) is 2.33. The number of nitrogens with one attached hydrogen (secondary N) is 1. The van der Waals surface area contributed by atoms with Crippen LogP contribution < -0.4 is 5.73 Å². The largest absolute Gasteiger partial charge is 0.327 e. The molecule has 2 unspecified atom stereocenters. The van der Waals surface area contributed by atoms with E-state index in [1.54, 1.807) is 11.3 Å². The maximum absolute atomic E-state index is 6.25. The first-order valence-corrected chi connectivity index (χ1v) is 7.44. The van der Waals surface area contributed by atoms with Gasteiger partial charge in [0.1, 0.15) is 5.82 Å². The van der Waals surface area contributed by atoms with Crippen LogP contribution in [0.15, 0.2) is 17.5 Å². The second kappa shape index (κ2) is 5.20. The summed E-state index contributed by atoms with van der Waals surface area (Å²) >= 11 is 1.66. The molecule has 0 aliphatic heterocycles. The maximum Gasteiger partial charge on any atom is 0.191 e. The van der Waals surface area contributed by atoms with Crippen LogP contribution >= 0.6 is 11.3 Å². The van der Waals surface area contributed by atoms with E-state index in [1.807, 2.05) is 17.5 Å². The highest BCUT2D eigenvalue weighted by atomic mass is 32.1. The molecule has 0 radical (unpaired) electrons. The molecule has 3 rings (SSSR count). The number of hydrogen-bond donors (Lipinski definition) is 2. The van der Waals surface area contributed by atoms with E-state index in [0.717, 1.165) is 29.4 Å². The lowest BCUT2D eigenvalue weighted by atomic mass is 9.95. The zero-order valence-corrected chi connectivity index (χ0v) is 11.1. The van der Waals surface area contributed by atoms with Gasteiger partial charge in [-0.1, -0.05) is 25.3 Å². The first-order valence-electron chi connectivity index (χ1n) is 6.56. The predicted octanol–water partition coefficient (Wildman–Crippen LogP) is 2.91. The first kappa shape index (κ1) is 11.9. The van der Waals surface area contributed by atoms with Gasteiger partial charge in [0, 0.05) is 12.0 Å². The van der Waals surface area contributed by atoms with Crippen molar-refractivity contribution in [3.63, 3.8) is 0 Å². The predicted molar refractivity (Wildman–Crippen MR) is 73.5 cm³/mol. The number of H-pyrrole nitrogens is 1. The molecule has 0 bridgehead atoms. The third-order valence-electron chi connectivity index (χ3n) is 3.66. The van der Waals surface area contributed by atoms with E-state index < -0.39 is 0 Å². The van der Waals surface area contributed by atoms with Gasteiger partial charge in [-0.3, -0.25) is 5.10 Å². The number of rotatable bonds is 2. The average molecular weight is 262 g/mol. The molecule has 96 valence electrons. The van der Waals surface area contributed by atoms with E-state index in [9.17, 15) is 0 Å².